The van der Waals surface area contributed by atoms with Crippen molar-refractivity contribution in [2.45, 2.75) is 11.8 Å². The Hall–Kier alpha value is -2.69. The van der Waals surface area contributed by atoms with Gasteiger partial charge in [-0.3, -0.25) is 9.10 Å². The van der Waals surface area contributed by atoms with Crippen LogP contribution in [0.15, 0.2) is 85.7 Å². The molecular weight excluding hydrogens is 584 g/mol. The van der Waals surface area contributed by atoms with Crippen LogP contribution in [-0.2, 0) is 14.8 Å². The van der Waals surface area contributed by atoms with Crippen LogP contribution in [0.25, 0.3) is 0 Å². The summed E-state index contributed by atoms with van der Waals surface area (Å²) >= 11 is 6.86. The summed E-state index contributed by atoms with van der Waals surface area (Å²) in [6, 6.07) is 18.9. The molecule has 34 heavy (non-hydrogen) atoms. The standard InChI is InChI=1S/C24H24Br2N4O3S/c1-17-4-11-21(12-5-17)34(32,33)30(20-9-7-19(25)8-10-20)16-24(31)28-27-15-18-6-13-23(29(2)3)22(26)14-18/h4-15H,16H2,1-3H3,(H,28,31)/b27-15-. The maximum Gasteiger partial charge on any atom is 0.264 e. The van der Waals surface area contributed by atoms with Crippen LogP contribution in [0.3, 0.4) is 0 Å². The van der Waals surface area contributed by atoms with Gasteiger partial charge < -0.3 is 4.90 Å². The molecule has 0 unspecified atom stereocenters. The Balaban J connectivity index is 1.80. The molecule has 178 valence electrons. The number of aryl methyl sites for hydroxylation is 1. The maximum atomic E-state index is 13.4. The highest BCUT2D eigenvalue weighted by Gasteiger charge is 2.27. The molecule has 1 N–H and O–H groups in total. The van der Waals surface area contributed by atoms with Crippen molar-refractivity contribution in [2.75, 3.05) is 29.8 Å². The summed E-state index contributed by atoms with van der Waals surface area (Å²) in [6.07, 6.45) is 1.50. The number of rotatable bonds is 8. The first-order valence-corrected chi connectivity index (χ1v) is 13.2. The minimum absolute atomic E-state index is 0.100. The molecule has 3 aromatic rings. The minimum atomic E-state index is -3.98. The van der Waals surface area contributed by atoms with Gasteiger partial charge in [-0.15, -0.1) is 0 Å². The molecule has 0 aromatic heterocycles. The highest BCUT2D eigenvalue weighted by Crippen LogP contribution is 2.26. The van der Waals surface area contributed by atoms with E-state index in [1.54, 1.807) is 36.4 Å². The highest BCUT2D eigenvalue weighted by atomic mass is 79.9. The van der Waals surface area contributed by atoms with E-state index in [0.29, 0.717) is 5.69 Å². The van der Waals surface area contributed by atoms with Crippen LogP contribution < -0.4 is 14.6 Å². The number of hydrazone groups is 1. The van der Waals surface area contributed by atoms with Gasteiger partial charge in [-0.05, 0) is 76.9 Å². The molecule has 0 aliphatic heterocycles. The molecule has 0 heterocycles. The molecule has 7 nitrogen and oxygen atoms in total. The van der Waals surface area contributed by atoms with Crippen LogP contribution in [0.4, 0.5) is 11.4 Å². The topological polar surface area (TPSA) is 82.1 Å². The number of carbonyl (C=O) groups is 1. The van der Waals surface area contributed by atoms with E-state index in [1.807, 2.05) is 44.1 Å². The lowest BCUT2D eigenvalue weighted by Gasteiger charge is -2.23. The number of sulfonamides is 1. The first kappa shape index (κ1) is 25.9. The third kappa shape index (κ3) is 6.46. The molecule has 0 saturated carbocycles. The van der Waals surface area contributed by atoms with E-state index in [2.05, 4.69) is 42.4 Å². The fourth-order valence-electron chi connectivity index (χ4n) is 3.07. The van der Waals surface area contributed by atoms with Gasteiger partial charge in [0.15, 0.2) is 0 Å². The molecule has 3 rings (SSSR count). The fourth-order valence-corrected chi connectivity index (χ4v) is 5.51. The fraction of sp³-hybridized carbons (Fsp3) is 0.167. The lowest BCUT2D eigenvalue weighted by Crippen LogP contribution is -2.39. The molecule has 0 spiro atoms. The van der Waals surface area contributed by atoms with E-state index < -0.39 is 22.5 Å². The van der Waals surface area contributed by atoms with Crippen molar-refractivity contribution >= 4 is 65.4 Å². The SMILES string of the molecule is Cc1ccc(S(=O)(=O)N(CC(=O)N/N=C\c2ccc(N(C)C)c(Br)c2)c2ccc(Br)cc2)cc1. The van der Waals surface area contributed by atoms with Crippen LogP contribution in [0.1, 0.15) is 11.1 Å². The number of benzene rings is 3. The van der Waals surface area contributed by atoms with Crippen LogP contribution in [-0.4, -0.2) is 41.2 Å². The number of nitrogens with zero attached hydrogens (tertiary/aromatic N) is 3. The van der Waals surface area contributed by atoms with Crippen molar-refractivity contribution < 1.29 is 13.2 Å². The number of anilines is 2. The lowest BCUT2D eigenvalue weighted by atomic mass is 10.2. The molecule has 0 fully saturated rings. The van der Waals surface area contributed by atoms with E-state index >= 15 is 0 Å². The van der Waals surface area contributed by atoms with Crippen molar-refractivity contribution in [3.63, 3.8) is 0 Å². The van der Waals surface area contributed by atoms with E-state index in [-0.39, 0.29) is 4.90 Å². The number of carbonyl (C=O) groups excluding carboxylic acids is 1. The van der Waals surface area contributed by atoms with Crippen LogP contribution >= 0.6 is 31.9 Å². The van der Waals surface area contributed by atoms with E-state index in [0.717, 1.165) is 30.1 Å². The Morgan fingerprint density at radius 1 is 1.00 bits per heavy atom. The van der Waals surface area contributed by atoms with Gasteiger partial charge in [0, 0.05) is 23.0 Å². The van der Waals surface area contributed by atoms with Gasteiger partial charge in [-0.2, -0.15) is 5.10 Å². The van der Waals surface area contributed by atoms with Gasteiger partial charge in [0.25, 0.3) is 15.9 Å². The number of nitrogens with one attached hydrogen (secondary N) is 1. The normalized spacial score (nSPS) is 11.4. The Kier molecular flexibility index (Phi) is 8.51. The van der Waals surface area contributed by atoms with Crippen molar-refractivity contribution in [1.29, 1.82) is 0 Å². The van der Waals surface area contributed by atoms with Crippen molar-refractivity contribution in [3.05, 3.63) is 86.8 Å². The van der Waals surface area contributed by atoms with Crippen molar-refractivity contribution in [2.24, 2.45) is 5.10 Å². The number of halogens is 2. The van der Waals surface area contributed by atoms with Gasteiger partial charge in [0.05, 0.1) is 22.5 Å². The second kappa shape index (κ2) is 11.2. The number of hydrogen-bond donors (Lipinski definition) is 1. The zero-order valence-electron chi connectivity index (χ0n) is 18.9. The molecule has 0 aliphatic carbocycles. The Bertz CT molecular complexity index is 1290. The second-order valence-electron chi connectivity index (χ2n) is 7.70. The monoisotopic (exact) mass is 606 g/mol. The largest absolute Gasteiger partial charge is 0.377 e. The predicted molar refractivity (Wildman–Crippen MR) is 144 cm³/mol. The average molecular weight is 608 g/mol. The summed E-state index contributed by atoms with van der Waals surface area (Å²) in [5.74, 6) is -0.571. The van der Waals surface area contributed by atoms with Crippen molar-refractivity contribution in [1.82, 2.24) is 5.43 Å². The van der Waals surface area contributed by atoms with E-state index in [1.165, 1.54) is 18.3 Å². The maximum absolute atomic E-state index is 13.4. The van der Waals surface area contributed by atoms with Crippen LogP contribution in [0.5, 0.6) is 0 Å². The molecule has 0 saturated heterocycles. The summed E-state index contributed by atoms with van der Waals surface area (Å²) in [5, 5.41) is 4.00. The zero-order valence-corrected chi connectivity index (χ0v) is 22.9. The second-order valence-corrected chi connectivity index (χ2v) is 11.3. The summed E-state index contributed by atoms with van der Waals surface area (Å²) < 4.78 is 29.5. The van der Waals surface area contributed by atoms with Gasteiger partial charge in [-0.1, -0.05) is 39.7 Å². The molecular formula is C24H24Br2N4O3S. The average Bonchev–Trinajstić information content (AvgIpc) is 2.78. The highest BCUT2D eigenvalue weighted by molar-refractivity contribution is 9.10. The molecule has 1 amide bonds. The lowest BCUT2D eigenvalue weighted by molar-refractivity contribution is -0.119. The Morgan fingerprint density at radius 2 is 1.65 bits per heavy atom. The molecule has 10 heteroatoms. The van der Waals surface area contributed by atoms with Crippen molar-refractivity contribution in [3.8, 4) is 0 Å². The van der Waals surface area contributed by atoms with E-state index in [4.69, 9.17) is 0 Å². The Morgan fingerprint density at radius 3 is 2.24 bits per heavy atom. The van der Waals surface area contributed by atoms with Gasteiger partial charge in [0.2, 0.25) is 0 Å². The predicted octanol–water partition coefficient (Wildman–Crippen LogP) is 4.93. The Labute approximate surface area is 216 Å². The number of hydrogen-bond acceptors (Lipinski definition) is 5. The van der Waals surface area contributed by atoms with E-state index in [9.17, 15) is 13.2 Å². The quantitative estimate of drug-likeness (QED) is 0.291. The first-order valence-electron chi connectivity index (χ1n) is 10.2. The van der Waals surface area contributed by atoms with Crippen LogP contribution in [0, 0.1) is 6.92 Å². The third-order valence-electron chi connectivity index (χ3n) is 4.87. The smallest absolute Gasteiger partial charge is 0.264 e. The summed E-state index contributed by atoms with van der Waals surface area (Å²) in [4.78, 5) is 14.7. The van der Waals surface area contributed by atoms with Gasteiger partial charge in [0.1, 0.15) is 6.54 Å². The first-order chi connectivity index (χ1) is 16.1. The molecule has 3 aromatic carbocycles. The molecule has 0 bridgehead atoms. The molecule has 0 atom stereocenters. The summed E-state index contributed by atoms with van der Waals surface area (Å²) in [5.41, 5.74) is 5.51. The summed E-state index contributed by atoms with van der Waals surface area (Å²) in [7, 11) is -0.0993. The van der Waals surface area contributed by atoms with Crippen LogP contribution in [0.2, 0.25) is 0 Å². The molecule has 0 aliphatic rings. The third-order valence-corrected chi connectivity index (χ3v) is 7.82. The summed E-state index contributed by atoms with van der Waals surface area (Å²) in [6.45, 7) is 1.44. The van der Waals surface area contributed by atoms with Gasteiger partial charge >= 0.3 is 0 Å². The zero-order chi connectivity index (χ0) is 24.9. The number of amides is 1. The van der Waals surface area contributed by atoms with Gasteiger partial charge in [-0.25, -0.2) is 13.8 Å². The molecule has 0 radical (unpaired) electrons. The minimum Gasteiger partial charge on any atom is -0.377 e.